The van der Waals surface area contributed by atoms with Crippen molar-refractivity contribution in [3.05, 3.63) is 22.2 Å². The number of hydrogen-bond donors (Lipinski definition) is 1. The molecule has 116 valence electrons. The molecule has 1 aromatic rings. The van der Waals surface area contributed by atoms with Crippen LogP contribution in [-0.2, 0) is 11.3 Å². The highest BCUT2D eigenvalue weighted by Gasteiger charge is 2.11. The van der Waals surface area contributed by atoms with Crippen LogP contribution in [-0.4, -0.2) is 34.0 Å². The molecule has 0 heterocycles. The van der Waals surface area contributed by atoms with Crippen LogP contribution in [0.4, 0.5) is 0 Å². The highest BCUT2D eigenvalue weighted by atomic mass is 79.9. The van der Waals surface area contributed by atoms with Crippen LogP contribution in [0, 0.1) is 12.3 Å². The summed E-state index contributed by atoms with van der Waals surface area (Å²) < 4.78 is 17.0. The highest BCUT2D eigenvalue weighted by molar-refractivity contribution is 9.10. The van der Waals surface area contributed by atoms with Gasteiger partial charge in [-0.1, -0.05) is 0 Å². The van der Waals surface area contributed by atoms with Gasteiger partial charge in [0.1, 0.15) is 0 Å². The number of benzene rings is 1. The summed E-state index contributed by atoms with van der Waals surface area (Å²) in [6.07, 6.45) is 6.76. The fraction of sp³-hybridized carbons (Fsp3) is 0.500. The van der Waals surface area contributed by atoms with E-state index in [-0.39, 0.29) is 0 Å². The molecule has 0 saturated heterocycles. The molecule has 0 unspecified atom stereocenters. The van der Waals surface area contributed by atoms with Gasteiger partial charge in [0.25, 0.3) is 0 Å². The van der Waals surface area contributed by atoms with Gasteiger partial charge in [-0.2, -0.15) is 0 Å². The molecule has 0 aliphatic heterocycles. The number of unbranched alkanes of at least 4 members (excludes halogenated alkanes) is 1. The van der Waals surface area contributed by atoms with Gasteiger partial charge in [-0.3, -0.25) is 0 Å². The van der Waals surface area contributed by atoms with Gasteiger partial charge in [0.15, 0.2) is 11.5 Å². The Kier molecular flexibility index (Phi) is 8.91. The van der Waals surface area contributed by atoms with E-state index in [9.17, 15) is 0 Å². The summed E-state index contributed by atoms with van der Waals surface area (Å²) in [4.78, 5) is 0. The molecule has 1 rings (SSSR count). The summed E-state index contributed by atoms with van der Waals surface area (Å²) in [5, 5.41) is 3.30. The molecule has 0 aromatic heterocycles. The molecule has 1 aromatic carbocycles. The van der Waals surface area contributed by atoms with Gasteiger partial charge in [-0.05, 0) is 40.0 Å². The van der Waals surface area contributed by atoms with Crippen LogP contribution in [0.15, 0.2) is 16.6 Å². The van der Waals surface area contributed by atoms with Crippen molar-refractivity contribution in [2.45, 2.75) is 19.4 Å². The SMILES string of the molecule is C#CCCCOc1c(Br)cc(CNCCOC)cc1OC. The topological polar surface area (TPSA) is 39.7 Å². The van der Waals surface area contributed by atoms with Gasteiger partial charge >= 0.3 is 0 Å². The Bertz CT molecular complexity index is 471. The number of terminal acetylenes is 1. The second kappa shape index (κ2) is 10.5. The molecule has 1 N–H and O–H groups in total. The Morgan fingerprint density at radius 3 is 2.76 bits per heavy atom. The summed E-state index contributed by atoms with van der Waals surface area (Å²) >= 11 is 3.53. The minimum absolute atomic E-state index is 0.574. The molecule has 4 nitrogen and oxygen atoms in total. The van der Waals surface area contributed by atoms with Crippen molar-refractivity contribution in [2.75, 3.05) is 34.0 Å². The monoisotopic (exact) mass is 355 g/mol. The van der Waals surface area contributed by atoms with Crippen molar-refractivity contribution < 1.29 is 14.2 Å². The molecule has 0 bridgehead atoms. The average molecular weight is 356 g/mol. The van der Waals surface area contributed by atoms with Crippen LogP contribution in [0.5, 0.6) is 11.5 Å². The lowest BCUT2D eigenvalue weighted by atomic mass is 10.2. The molecule has 0 radical (unpaired) electrons. The van der Waals surface area contributed by atoms with Crippen molar-refractivity contribution in [1.82, 2.24) is 5.32 Å². The van der Waals surface area contributed by atoms with Crippen LogP contribution in [0.1, 0.15) is 18.4 Å². The van der Waals surface area contributed by atoms with E-state index in [2.05, 4.69) is 27.2 Å². The zero-order valence-corrected chi connectivity index (χ0v) is 14.2. The van der Waals surface area contributed by atoms with Gasteiger partial charge in [0, 0.05) is 26.6 Å². The predicted molar refractivity (Wildman–Crippen MR) is 87.8 cm³/mol. The summed E-state index contributed by atoms with van der Waals surface area (Å²) in [5.41, 5.74) is 1.12. The van der Waals surface area contributed by atoms with E-state index in [1.807, 2.05) is 12.1 Å². The fourth-order valence-electron chi connectivity index (χ4n) is 1.77. The van der Waals surface area contributed by atoms with Crippen LogP contribution in [0.2, 0.25) is 0 Å². The maximum absolute atomic E-state index is 5.75. The number of hydrogen-bond acceptors (Lipinski definition) is 4. The molecule has 0 aliphatic carbocycles. The second-order valence-electron chi connectivity index (χ2n) is 4.43. The van der Waals surface area contributed by atoms with E-state index in [0.717, 1.165) is 35.3 Å². The summed E-state index contributed by atoms with van der Waals surface area (Å²) in [6.45, 7) is 2.82. The fourth-order valence-corrected chi connectivity index (χ4v) is 2.37. The molecular formula is C16H22BrNO3. The smallest absolute Gasteiger partial charge is 0.175 e. The van der Waals surface area contributed by atoms with Crippen LogP contribution in [0.25, 0.3) is 0 Å². The molecule has 0 aliphatic rings. The van der Waals surface area contributed by atoms with Gasteiger partial charge in [0.05, 0.1) is 24.8 Å². The second-order valence-corrected chi connectivity index (χ2v) is 5.29. The number of ether oxygens (including phenoxy) is 3. The maximum atomic E-state index is 5.75. The molecule has 5 heteroatoms. The quantitative estimate of drug-likeness (QED) is 0.517. The lowest BCUT2D eigenvalue weighted by Crippen LogP contribution is -2.18. The van der Waals surface area contributed by atoms with Crippen molar-refractivity contribution in [1.29, 1.82) is 0 Å². The maximum Gasteiger partial charge on any atom is 0.175 e. The van der Waals surface area contributed by atoms with E-state index in [4.69, 9.17) is 20.6 Å². The van der Waals surface area contributed by atoms with Crippen molar-refractivity contribution in [2.24, 2.45) is 0 Å². The molecular weight excluding hydrogens is 334 g/mol. The predicted octanol–water partition coefficient (Wildman–Crippen LogP) is 2.99. The molecule has 0 atom stereocenters. The van der Waals surface area contributed by atoms with E-state index in [1.54, 1.807) is 14.2 Å². The van der Waals surface area contributed by atoms with Gasteiger partial charge < -0.3 is 19.5 Å². The molecule has 0 saturated carbocycles. The van der Waals surface area contributed by atoms with Crippen LogP contribution >= 0.6 is 15.9 Å². The minimum Gasteiger partial charge on any atom is -0.493 e. The number of rotatable bonds is 10. The summed E-state index contributed by atoms with van der Waals surface area (Å²) in [6, 6.07) is 4.00. The molecule has 0 fully saturated rings. The first-order valence-corrected chi connectivity index (χ1v) is 7.64. The lowest BCUT2D eigenvalue weighted by Gasteiger charge is -2.14. The Labute approximate surface area is 135 Å². The van der Waals surface area contributed by atoms with Crippen LogP contribution in [0.3, 0.4) is 0 Å². The zero-order valence-electron chi connectivity index (χ0n) is 12.6. The number of nitrogens with one attached hydrogen (secondary N) is 1. The summed E-state index contributed by atoms with van der Waals surface area (Å²) in [7, 11) is 3.33. The lowest BCUT2D eigenvalue weighted by molar-refractivity contribution is 0.199. The number of halogens is 1. The first-order chi connectivity index (χ1) is 10.2. The normalized spacial score (nSPS) is 10.2. The average Bonchev–Trinajstić information content (AvgIpc) is 2.49. The first-order valence-electron chi connectivity index (χ1n) is 6.85. The third kappa shape index (κ3) is 6.38. The molecule has 0 spiro atoms. The molecule has 21 heavy (non-hydrogen) atoms. The summed E-state index contributed by atoms with van der Waals surface area (Å²) in [5.74, 6) is 4.03. The van der Waals surface area contributed by atoms with Gasteiger partial charge in [0.2, 0.25) is 0 Å². The third-order valence-corrected chi connectivity index (χ3v) is 3.40. The number of methoxy groups -OCH3 is 2. The Morgan fingerprint density at radius 1 is 1.29 bits per heavy atom. The van der Waals surface area contributed by atoms with Gasteiger partial charge in [-0.25, -0.2) is 0 Å². The Hall–Kier alpha value is -1.22. The van der Waals surface area contributed by atoms with Crippen molar-refractivity contribution in [3.63, 3.8) is 0 Å². The third-order valence-electron chi connectivity index (χ3n) is 2.81. The van der Waals surface area contributed by atoms with E-state index >= 15 is 0 Å². The van der Waals surface area contributed by atoms with E-state index in [0.29, 0.717) is 25.4 Å². The largest absolute Gasteiger partial charge is 0.493 e. The first kappa shape index (κ1) is 17.8. The van der Waals surface area contributed by atoms with Gasteiger partial charge in [-0.15, -0.1) is 12.3 Å². The van der Waals surface area contributed by atoms with E-state index < -0.39 is 0 Å². The van der Waals surface area contributed by atoms with E-state index in [1.165, 1.54) is 0 Å². The zero-order chi connectivity index (χ0) is 15.5. The molecule has 0 amide bonds. The van der Waals surface area contributed by atoms with Crippen molar-refractivity contribution >= 4 is 15.9 Å². The highest BCUT2D eigenvalue weighted by Crippen LogP contribution is 2.36. The standard InChI is InChI=1S/C16H22BrNO3/c1-4-5-6-8-21-16-14(17)10-13(11-15(16)20-3)12-18-7-9-19-2/h1,10-11,18H,5-9,12H2,2-3H3. The Balaban J connectivity index is 2.66. The van der Waals surface area contributed by atoms with Crippen LogP contribution < -0.4 is 14.8 Å². The van der Waals surface area contributed by atoms with Crippen molar-refractivity contribution in [3.8, 4) is 23.8 Å². The Morgan fingerprint density at radius 2 is 2.10 bits per heavy atom. The minimum atomic E-state index is 0.574.